The zero-order chi connectivity index (χ0) is 11.3. The second kappa shape index (κ2) is 5.86. The van der Waals surface area contributed by atoms with E-state index in [1.165, 1.54) is 38.8 Å². The van der Waals surface area contributed by atoms with E-state index in [0.717, 1.165) is 12.6 Å². The van der Waals surface area contributed by atoms with Gasteiger partial charge in [-0.2, -0.15) is 0 Å². The summed E-state index contributed by atoms with van der Waals surface area (Å²) in [6.07, 6.45) is 5.17. The molecule has 0 amide bonds. The van der Waals surface area contributed by atoms with Crippen LogP contribution in [-0.2, 0) is 0 Å². The summed E-state index contributed by atoms with van der Waals surface area (Å²) < 4.78 is 0. The molecule has 0 saturated carbocycles. The van der Waals surface area contributed by atoms with Crippen LogP contribution in [0.2, 0.25) is 0 Å². The molecule has 1 atom stereocenters. The Balaban J connectivity index is 2.71. The molecule has 1 N–H and O–H groups in total. The topological polar surface area (TPSA) is 15.3 Å². The van der Waals surface area contributed by atoms with Crippen molar-refractivity contribution in [3.63, 3.8) is 0 Å². The lowest BCUT2D eigenvalue weighted by Gasteiger charge is -2.50. The Labute approximate surface area is 95.4 Å². The Morgan fingerprint density at radius 1 is 1.27 bits per heavy atom. The third-order valence-corrected chi connectivity index (χ3v) is 4.15. The highest BCUT2D eigenvalue weighted by atomic mass is 15.3. The van der Waals surface area contributed by atoms with Crippen molar-refractivity contribution in [2.45, 2.75) is 65.0 Å². The van der Waals surface area contributed by atoms with Crippen LogP contribution in [0.25, 0.3) is 0 Å². The van der Waals surface area contributed by atoms with Gasteiger partial charge in [0.1, 0.15) is 0 Å². The first-order valence-electron chi connectivity index (χ1n) is 6.67. The maximum absolute atomic E-state index is 3.56. The zero-order valence-electron chi connectivity index (χ0n) is 11.0. The van der Waals surface area contributed by atoms with Crippen molar-refractivity contribution in [2.75, 3.05) is 19.6 Å². The van der Waals surface area contributed by atoms with Crippen LogP contribution in [-0.4, -0.2) is 36.1 Å². The van der Waals surface area contributed by atoms with Crippen molar-refractivity contribution in [1.29, 1.82) is 0 Å². The van der Waals surface area contributed by atoms with Gasteiger partial charge in [-0.15, -0.1) is 0 Å². The first kappa shape index (κ1) is 13.0. The molecule has 0 aliphatic carbocycles. The van der Waals surface area contributed by atoms with Gasteiger partial charge in [0.2, 0.25) is 0 Å². The molecule has 1 rings (SSSR count). The number of nitrogens with one attached hydrogen (secondary N) is 1. The molecule has 15 heavy (non-hydrogen) atoms. The summed E-state index contributed by atoms with van der Waals surface area (Å²) in [6, 6.07) is 0.747. The number of rotatable bonds is 5. The lowest BCUT2D eigenvalue weighted by Crippen LogP contribution is -2.63. The monoisotopic (exact) mass is 212 g/mol. The van der Waals surface area contributed by atoms with Crippen molar-refractivity contribution in [3.05, 3.63) is 0 Å². The van der Waals surface area contributed by atoms with Crippen molar-refractivity contribution >= 4 is 0 Å². The van der Waals surface area contributed by atoms with Gasteiger partial charge in [0.25, 0.3) is 0 Å². The van der Waals surface area contributed by atoms with Gasteiger partial charge in [0.15, 0.2) is 0 Å². The Bertz CT molecular complexity index is 175. The summed E-state index contributed by atoms with van der Waals surface area (Å²) in [6.45, 7) is 12.9. The summed E-state index contributed by atoms with van der Waals surface area (Å²) in [5, 5.41) is 3.56. The van der Waals surface area contributed by atoms with Crippen LogP contribution in [0.5, 0.6) is 0 Å². The summed E-state index contributed by atoms with van der Waals surface area (Å²) in [5.41, 5.74) is 0.423. The van der Waals surface area contributed by atoms with Crippen LogP contribution in [0.3, 0.4) is 0 Å². The van der Waals surface area contributed by atoms with E-state index in [9.17, 15) is 0 Å². The Morgan fingerprint density at radius 2 is 1.93 bits per heavy atom. The van der Waals surface area contributed by atoms with E-state index in [0.29, 0.717) is 5.54 Å². The maximum Gasteiger partial charge on any atom is 0.0332 e. The zero-order valence-corrected chi connectivity index (χ0v) is 11.0. The average molecular weight is 212 g/mol. The van der Waals surface area contributed by atoms with Gasteiger partial charge in [0, 0.05) is 31.2 Å². The lowest BCUT2D eigenvalue weighted by molar-refractivity contribution is 0.0157. The number of hydrogen-bond acceptors (Lipinski definition) is 2. The normalized spacial score (nSPS) is 24.0. The van der Waals surface area contributed by atoms with Gasteiger partial charge in [-0.25, -0.2) is 0 Å². The minimum Gasteiger partial charge on any atom is -0.314 e. The Hall–Kier alpha value is -0.0800. The van der Waals surface area contributed by atoms with Crippen LogP contribution in [0.1, 0.15) is 53.4 Å². The largest absolute Gasteiger partial charge is 0.314 e. The second-order valence-electron chi connectivity index (χ2n) is 4.94. The van der Waals surface area contributed by atoms with E-state index >= 15 is 0 Å². The van der Waals surface area contributed by atoms with Crippen LogP contribution >= 0.6 is 0 Å². The third kappa shape index (κ3) is 2.73. The molecule has 0 spiro atoms. The van der Waals surface area contributed by atoms with Crippen molar-refractivity contribution in [2.24, 2.45) is 0 Å². The van der Waals surface area contributed by atoms with Crippen molar-refractivity contribution in [3.8, 4) is 0 Å². The molecule has 0 aromatic rings. The van der Waals surface area contributed by atoms with Gasteiger partial charge in [-0.05, 0) is 26.2 Å². The van der Waals surface area contributed by atoms with E-state index in [-0.39, 0.29) is 0 Å². The minimum absolute atomic E-state index is 0.423. The first-order chi connectivity index (χ1) is 7.20. The van der Waals surface area contributed by atoms with Gasteiger partial charge in [-0.3, -0.25) is 4.90 Å². The highest BCUT2D eigenvalue weighted by Crippen LogP contribution is 2.28. The molecule has 90 valence electrons. The second-order valence-corrected chi connectivity index (χ2v) is 4.94. The van der Waals surface area contributed by atoms with Crippen LogP contribution < -0.4 is 5.32 Å². The highest BCUT2D eigenvalue weighted by Gasteiger charge is 2.37. The molecule has 0 bridgehead atoms. The number of hydrogen-bond donors (Lipinski definition) is 1. The molecule has 1 saturated heterocycles. The molecule has 2 nitrogen and oxygen atoms in total. The van der Waals surface area contributed by atoms with E-state index in [2.05, 4.69) is 37.9 Å². The number of piperazine rings is 1. The summed E-state index contributed by atoms with van der Waals surface area (Å²) in [4.78, 5) is 2.76. The van der Waals surface area contributed by atoms with E-state index in [4.69, 9.17) is 0 Å². The molecule has 0 aromatic heterocycles. The Morgan fingerprint density at radius 3 is 2.47 bits per heavy atom. The summed E-state index contributed by atoms with van der Waals surface area (Å²) >= 11 is 0. The van der Waals surface area contributed by atoms with Gasteiger partial charge < -0.3 is 5.32 Å². The lowest BCUT2D eigenvalue weighted by atomic mass is 9.86. The molecule has 1 aliphatic rings. The standard InChI is InChI=1S/C13H28N2/c1-5-8-12(4)15-10-9-14-11-13(15,6-2)7-3/h12,14H,5-11H2,1-4H3. The van der Waals surface area contributed by atoms with Crippen LogP contribution in [0, 0.1) is 0 Å². The minimum atomic E-state index is 0.423. The van der Waals surface area contributed by atoms with Crippen LogP contribution in [0.4, 0.5) is 0 Å². The molecular weight excluding hydrogens is 184 g/mol. The van der Waals surface area contributed by atoms with E-state index < -0.39 is 0 Å². The molecule has 1 fully saturated rings. The molecule has 1 heterocycles. The van der Waals surface area contributed by atoms with Gasteiger partial charge in [-0.1, -0.05) is 27.2 Å². The quantitative estimate of drug-likeness (QED) is 0.753. The van der Waals surface area contributed by atoms with Gasteiger partial charge >= 0.3 is 0 Å². The molecule has 0 aromatic carbocycles. The van der Waals surface area contributed by atoms with E-state index in [1.54, 1.807) is 0 Å². The molecular formula is C13H28N2. The number of nitrogens with zero attached hydrogens (tertiary/aromatic N) is 1. The molecule has 2 heteroatoms. The predicted molar refractivity (Wildman–Crippen MR) is 67.3 cm³/mol. The SMILES string of the molecule is CCCC(C)N1CCNCC1(CC)CC. The maximum atomic E-state index is 3.56. The fourth-order valence-electron chi connectivity index (χ4n) is 3.03. The van der Waals surface area contributed by atoms with Crippen molar-refractivity contribution in [1.82, 2.24) is 10.2 Å². The fourth-order valence-corrected chi connectivity index (χ4v) is 3.03. The fraction of sp³-hybridized carbons (Fsp3) is 1.00. The molecule has 1 unspecified atom stereocenters. The summed E-state index contributed by atoms with van der Waals surface area (Å²) in [7, 11) is 0. The smallest absolute Gasteiger partial charge is 0.0332 e. The first-order valence-corrected chi connectivity index (χ1v) is 6.67. The highest BCUT2D eigenvalue weighted by molar-refractivity contribution is 4.96. The molecule has 1 aliphatic heterocycles. The average Bonchev–Trinajstić information content (AvgIpc) is 2.29. The molecule has 0 radical (unpaired) electrons. The van der Waals surface area contributed by atoms with Crippen LogP contribution in [0.15, 0.2) is 0 Å². The van der Waals surface area contributed by atoms with Crippen molar-refractivity contribution < 1.29 is 0 Å². The third-order valence-electron chi connectivity index (χ3n) is 4.15. The van der Waals surface area contributed by atoms with E-state index in [1.807, 2.05) is 0 Å². The summed E-state index contributed by atoms with van der Waals surface area (Å²) in [5.74, 6) is 0. The Kier molecular flexibility index (Phi) is 5.07. The van der Waals surface area contributed by atoms with Gasteiger partial charge in [0.05, 0.1) is 0 Å². The predicted octanol–water partition coefficient (Wildman–Crippen LogP) is 2.64.